The lowest BCUT2D eigenvalue weighted by Crippen LogP contribution is -2.14. The number of rotatable bonds is 4. The Morgan fingerprint density at radius 3 is 2.89 bits per heavy atom. The number of halogens is 1. The molecule has 2 N–H and O–H groups in total. The average Bonchev–Trinajstić information content (AvgIpc) is 3.04. The maximum atomic E-state index is 5.56. The first-order valence-electron chi connectivity index (χ1n) is 5.33. The Morgan fingerprint density at radius 1 is 1.37 bits per heavy atom. The van der Waals surface area contributed by atoms with E-state index in [-0.39, 0.29) is 23.0 Å². The van der Waals surface area contributed by atoms with Crippen molar-refractivity contribution in [3.8, 4) is 0 Å². The number of nitrogens with zero attached hydrogens (tertiary/aromatic N) is 4. The van der Waals surface area contributed by atoms with Gasteiger partial charge in [-0.25, -0.2) is 0 Å². The number of thiol groups is 1. The fourth-order valence-electron chi connectivity index (χ4n) is 1.59. The second kappa shape index (κ2) is 6.02. The Labute approximate surface area is 124 Å². The summed E-state index contributed by atoms with van der Waals surface area (Å²) in [4.78, 5) is 4.31. The number of fused-ring (bicyclic) bond motifs is 1. The van der Waals surface area contributed by atoms with Crippen LogP contribution in [0.25, 0.3) is 11.1 Å². The van der Waals surface area contributed by atoms with Crippen molar-refractivity contribution in [3.63, 3.8) is 0 Å². The Morgan fingerprint density at radius 2 is 2.21 bits per heavy atom. The average molecular weight is 343 g/mol. The second-order valence-corrected chi connectivity index (χ2v) is 4.00. The lowest BCUT2D eigenvalue weighted by atomic mass is 10.3. The van der Waals surface area contributed by atoms with Crippen LogP contribution in [0, 0.1) is 0 Å². The predicted octanol–water partition coefficient (Wildman–Crippen LogP) is 2.00. The van der Waals surface area contributed by atoms with E-state index in [4.69, 9.17) is 4.42 Å². The van der Waals surface area contributed by atoms with Gasteiger partial charge in [-0.1, -0.05) is 17.3 Å². The number of H-pyrrole nitrogens is 1. The molecule has 0 amide bonds. The molecule has 0 spiro atoms. The number of hydrogen-bond donors (Lipinski definition) is 3. The van der Waals surface area contributed by atoms with Gasteiger partial charge in [-0.15, -0.1) is 27.2 Å². The largest absolute Gasteiger partial charge is 0.424 e. The summed E-state index contributed by atoms with van der Waals surface area (Å²) >= 11 is 4.24. The summed E-state index contributed by atoms with van der Waals surface area (Å²) in [5.41, 5.74) is 1.53. The van der Waals surface area contributed by atoms with E-state index in [1.165, 1.54) is 0 Å². The van der Waals surface area contributed by atoms with Crippen LogP contribution in [0.15, 0.2) is 28.7 Å². The van der Waals surface area contributed by atoms with E-state index in [1.54, 1.807) is 0 Å². The molecule has 0 aliphatic heterocycles. The standard InChI is InChI=1S/C10H10N6OS.BrH/c18-5-7(9-13-15-16-14-9)12-10-11-6-3-1-2-4-8(6)17-10;/h1-4,7,18H,5H2,(H,11,12)(H,13,14,15,16);1H/t7-;/m0./s1. The molecule has 0 aliphatic carbocycles. The third kappa shape index (κ3) is 2.87. The molecule has 0 radical (unpaired) electrons. The molecule has 100 valence electrons. The number of hydrogen-bond acceptors (Lipinski definition) is 7. The molecule has 0 fully saturated rings. The van der Waals surface area contributed by atoms with Crippen molar-refractivity contribution in [2.45, 2.75) is 6.04 Å². The Bertz CT molecular complexity index is 609. The number of oxazole rings is 1. The van der Waals surface area contributed by atoms with E-state index in [9.17, 15) is 0 Å². The summed E-state index contributed by atoms with van der Waals surface area (Å²) in [6.45, 7) is 0. The Hall–Kier alpha value is -1.61. The number of nitrogens with one attached hydrogen (secondary N) is 2. The highest BCUT2D eigenvalue weighted by Gasteiger charge is 2.17. The van der Waals surface area contributed by atoms with Gasteiger partial charge < -0.3 is 9.73 Å². The van der Waals surface area contributed by atoms with Crippen molar-refractivity contribution in [2.75, 3.05) is 11.1 Å². The van der Waals surface area contributed by atoms with Gasteiger partial charge in [-0.2, -0.15) is 22.8 Å². The summed E-state index contributed by atoms with van der Waals surface area (Å²) in [6, 6.07) is 7.75. The molecule has 0 aliphatic rings. The van der Waals surface area contributed by atoms with Gasteiger partial charge >= 0.3 is 0 Å². The molecule has 3 rings (SSSR count). The van der Waals surface area contributed by atoms with Gasteiger partial charge in [-0.05, 0) is 12.1 Å². The molecule has 3 aromatic rings. The maximum absolute atomic E-state index is 5.56. The van der Waals surface area contributed by atoms with Crippen molar-refractivity contribution < 1.29 is 4.42 Å². The van der Waals surface area contributed by atoms with E-state index < -0.39 is 0 Å². The van der Waals surface area contributed by atoms with Crippen LogP contribution < -0.4 is 5.32 Å². The Balaban J connectivity index is 0.00000133. The van der Waals surface area contributed by atoms with Crippen LogP contribution in [0.1, 0.15) is 11.9 Å². The van der Waals surface area contributed by atoms with Crippen molar-refractivity contribution in [1.82, 2.24) is 25.6 Å². The van der Waals surface area contributed by atoms with Crippen LogP contribution in [0.4, 0.5) is 6.01 Å². The third-order valence-electron chi connectivity index (χ3n) is 2.45. The summed E-state index contributed by atoms with van der Waals surface area (Å²) in [6.07, 6.45) is 0. The van der Waals surface area contributed by atoms with Crippen molar-refractivity contribution >= 4 is 46.7 Å². The molecule has 19 heavy (non-hydrogen) atoms. The maximum Gasteiger partial charge on any atom is 0.296 e. The number of aromatic nitrogens is 5. The molecular weight excluding hydrogens is 332 g/mol. The molecule has 2 heterocycles. The minimum atomic E-state index is -0.208. The summed E-state index contributed by atoms with van der Waals surface area (Å²) in [5.74, 6) is 1.02. The van der Waals surface area contributed by atoms with E-state index in [0.717, 1.165) is 11.1 Å². The van der Waals surface area contributed by atoms with Crippen LogP contribution in [0.5, 0.6) is 0 Å². The van der Waals surface area contributed by atoms with E-state index in [0.29, 0.717) is 17.6 Å². The van der Waals surface area contributed by atoms with Gasteiger partial charge in [0.2, 0.25) is 0 Å². The first-order valence-corrected chi connectivity index (χ1v) is 5.96. The highest BCUT2D eigenvalue weighted by atomic mass is 79.9. The van der Waals surface area contributed by atoms with Crippen LogP contribution in [0.3, 0.4) is 0 Å². The molecular formula is C10H11BrN6OS. The minimum Gasteiger partial charge on any atom is -0.424 e. The van der Waals surface area contributed by atoms with Gasteiger partial charge in [-0.3, -0.25) is 0 Å². The lowest BCUT2D eigenvalue weighted by molar-refractivity contribution is 0.600. The number of anilines is 1. The number of tetrazole rings is 1. The molecule has 0 unspecified atom stereocenters. The molecule has 9 heteroatoms. The molecule has 1 atom stereocenters. The molecule has 0 saturated carbocycles. The molecule has 0 bridgehead atoms. The Kier molecular flexibility index (Phi) is 4.38. The summed E-state index contributed by atoms with van der Waals surface area (Å²) in [7, 11) is 0. The lowest BCUT2D eigenvalue weighted by Gasteiger charge is -2.09. The van der Waals surface area contributed by atoms with Crippen molar-refractivity contribution in [1.29, 1.82) is 0 Å². The highest BCUT2D eigenvalue weighted by molar-refractivity contribution is 8.93. The van der Waals surface area contributed by atoms with Crippen LogP contribution in [0.2, 0.25) is 0 Å². The third-order valence-corrected chi connectivity index (χ3v) is 2.81. The SMILES string of the molecule is Br.SC[C@H](Nc1nc2ccccc2o1)c1nn[nH]n1. The first-order chi connectivity index (χ1) is 8.86. The zero-order chi connectivity index (χ0) is 12.4. The van der Waals surface area contributed by atoms with Crippen LogP contribution >= 0.6 is 29.6 Å². The van der Waals surface area contributed by atoms with Crippen LogP contribution in [-0.2, 0) is 0 Å². The smallest absolute Gasteiger partial charge is 0.296 e. The summed E-state index contributed by atoms with van der Waals surface area (Å²) < 4.78 is 5.56. The number of benzene rings is 1. The highest BCUT2D eigenvalue weighted by Crippen LogP contribution is 2.21. The van der Waals surface area contributed by atoms with Crippen molar-refractivity contribution in [2.24, 2.45) is 0 Å². The molecule has 1 aromatic carbocycles. The van der Waals surface area contributed by atoms with Crippen molar-refractivity contribution in [3.05, 3.63) is 30.1 Å². The van der Waals surface area contributed by atoms with Gasteiger partial charge in [0.25, 0.3) is 6.01 Å². The number of aromatic amines is 1. The first kappa shape index (κ1) is 13.8. The minimum absolute atomic E-state index is 0. The quantitative estimate of drug-likeness (QED) is 0.628. The second-order valence-electron chi connectivity index (χ2n) is 3.64. The fourth-order valence-corrected chi connectivity index (χ4v) is 1.85. The van der Waals surface area contributed by atoms with E-state index in [1.807, 2.05) is 24.3 Å². The molecule has 2 aromatic heterocycles. The predicted molar refractivity (Wildman–Crippen MR) is 78.7 cm³/mol. The van der Waals surface area contributed by atoms with E-state index >= 15 is 0 Å². The van der Waals surface area contributed by atoms with Gasteiger partial charge in [0, 0.05) is 5.75 Å². The van der Waals surface area contributed by atoms with Gasteiger partial charge in [0.1, 0.15) is 11.6 Å². The topological polar surface area (TPSA) is 92.5 Å². The number of para-hydroxylation sites is 2. The van der Waals surface area contributed by atoms with E-state index in [2.05, 4.69) is 43.6 Å². The monoisotopic (exact) mass is 342 g/mol. The van der Waals surface area contributed by atoms with Gasteiger partial charge in [0.15, 0.2) is 11.4 Å². The summed E-state index contributed by atoms with van der Waals surface area (Å²) in [5, 5.41) is 16.8. The zero-order valence-electron chi connectivity index (χ0n) is 9.65. The van der Waals surface area contributed by atoms with Crippen LogP contribution in [-0.4, -0.2) is 31.4 Å². The molecule has 7 nitrogen and oxygen atoms in total. The zero-order valence-corrected chi connectivity index (χ0v) is 12.3. The molecule has 0 saturated heterocycles. The normalized spacial score (nSPS) is 12.1. The fraction of sp³-hybridized carbons (Fsp3) is 0.200. The van der Waals surface area contributed by atoms with Gasteiger partial charge in [0.05, 0.1) is 0 Å².